The molecular weight excluding hydrogens is 443 g/mol. The molecule has 2 N–H and O–H groups in total. The van der Waals surface area contributed by atoms with Crippen LogP contribution in [0.2, 0.25) is 0 Å². The van der Waals surface area contributed by atoms with E-state index >= 15 is 0 Å². The SMILES string of the molecule is CC(Nc1nc(Nc2cnccn2)cc(-c2ccc(S(C)(=O)=O)cc2)n1)c1ccc(F)cc1. The van der Waals surface area contributed by atoms with Gasteiger partial charge in [-0.05, 0) is 36.8 Å². The Balaban J connectivity index is 1.69. The summed E-state index contributed by atoms with van der Waals surface area (Å²) in [4.78, 5) is 17.6. The van der Waals surface area contributed by atoms with E-state index in [1.54, 1.807) is 48.9 Å². The largest absolute Gasteiger partial charge is 0.348 e. The van der Waals surface area contributed by atoms with Crippen molar-refractivity contribution in [3.8, 4) is 11.3 Å². The topological polar surface area (TPSA) is 110 Å². The van der Waals surface area contributed by atoms with Crippen LogP contribution in [0.5, 0.6) is 0 Å². The average molecular weight is 465 g/mol. The van der Waals surface area contributed by atoms with Crippen LogP contribution in [-0.2, 0) is 9.84 Å². The van der Waals surface area contributed by atoms with Gasteiger partial charge in [-0.3, -0.25) is 4.98 Å². The summed E-state index contributed by atoms with van der Waals surface area (Å²) in [6.07, 6.45) is 5.85. The molecule has 0 saturated carbocycles. The molecule has 0 fully saturated rings. The fourth-order valence-corrected chi connectivity index (χ4v) is 3.75. The van der Waals surface area contributed by atoms with E-state index in [4.69, 9.17) is 0 Å². The van der Waals surface area contributed by atoms with Gasteiger partial charge in [0.25, 0.3) is 0 Å². The van der Waals surface area contributed by atoms with E-state index < -0.39 is 9.84 Å². The highest BCUT2D eigenvalue weighted by Crippen LogP contribution is 2.26. The summed E-state index contributed by atoms with van der Waals surface area (Å²) in [7, 11) is -3.31. The van der Waals surface area contributed by atoms with E-state index in [-0.39, 0.29) is 16.8 Å². The van der Waals surface area contributed by atoms with Crippen molar-refractivity contribution in [3.63, 3.8) is 0 Å². The Morgan fingerprint density at radius 2 is 1.67 bits per heavy atom. The molecule has 2 heterocycles. The van der Waals surface area contributed by atoms with Crippen molar-refractivity contribution >= 4 is 27.4 Å². The maximum absolute atomic E-state index is 13.3. The summed E-state index contributed by atoms with van der Waals surface area (Å²) in [5, 5.41) is 6.33. The Morgan fingerprint density at radius 1 is 0.939 bits per heavy atom. The monoisotopic (exact) mass is 464 g/mol. The first-order valence-electron chi connectivity index (χ1n) is 10.0. The van der Waals surface area contributed by atoms with Gasteiger partial charge in [0.2, 0.25) is 5.95 Å². The molecule has 2 aromatic heterocycles. The molecule has 0 aliphatic carbocycles. The van der Waals surface area contributed by atoms with Gasteiger partial charge in [-0.25, -0.2) is 22.8 Å². The molecule has 10 heteroatoms. The quantitative estimate of drug-likeness (QED) is 0.414. The minimum atomic E-state index is -3.31. The number of sulfone groups is 1. The van der Waals surface area contributed by atoms with E-state index in [9.17, 15) is 12.8 Å². The summed E-state index contributed by atoms with van der Waals surface area (Å²) in [6.45, 7) is 1.92. The van der Waals surface area contributed by atoms with Gasteiger partial charge in [0.1, 0.15) is 17.5 Å². The maximum atomic E-state index is 13.3. The molecule has 1 atom stereocenters. The van der Waals surface area contributed by atoms with Crippen LogP contribution in [0.4, 0.5) is 22.0 Å². The predicted molar refractivity (Wildman–Crippen MR) is 124 cm³/mol. The van der Waals surface area contributed by atoms with Gasteiger partial charge < -0.3 is 10.6 Å². The number of rotatable bonds is 7. The molecule has 8 nitrogen and oxygen atoms in total. The van der Waals surface area contributed by atoms with Crippen LogP contribution < -0.4 is 10.6 Å². The number of nitrogens with zero attached hydrogens (tertiary/aromatic N) is 4. The molecule has 33 heavy (non-hydrogen) atoms. The van der Waals surface area contributed by atoms with E-state index in [1.807, 2.05) is 6.92 Å². The molecule has 1 unspecified atom stereocenters. The van der Waals surface area contributed by atoms with Crippen LogP contribution in [-0.4, -0.2) is 34.6 Å². The normalized spacial score (nSPS) is 12.2. The molecule has 4 rings (SSSR count). The van der Waals surface area contributed by atoms with Gasteiger partial charge in [-0.15, -0.1) is 0 Å². The zero-order chi connectivity index (χ0) is 23.4. The van der Waals surface area contributed by atoms with Crippen molar-refractivity contribution in [3.05, 3.63) is 84.6 Å². The third kappa shape index (κ3) is 5.66. The lowest BCUT2D eigenvalue weighted by Crippen LogP contribution is -2.11. The van der Waals surface area contributed by atoms with E-state index in [0.29, 0.717) is 28.8 Å². The number of hydrogen-bond acceptors (Lipinski definition) is 8. The Labute approximate surface area is 190 Å². The minimum Gasteiger partial charge on any atom is -0.348 e. The van der Waals surface area contributed by atoms with Gasteiger partial charge in [-0.2, -0.15) is 4.98 Å². The van der Waals surface area contributed by atoms with Crippen molar-refractivity contribution < 1.29 is 12.8 Å². The molecule has 2 aromatic carbocycles. The lowest BCUT2D eigenvalue weighted by molar-refractivity contribution is 0.602. The number of hydrogen-bond donors (Lipinski definition) is 2. The molecule has 0 bridgehead atoms. The fraction of sp³-hybridized carbons (Fsp3) is 0.130. The Bertz CT molecular complexity index is 1350. The summed E-state index contributed by atoms with van der Waals surface area (Å²) >= 11 is 0. The molecule has 0 radical (unpaired) electrons. The average Bonchev–Trinajstić information content (AvgIpc) is 2.79. The zero-order valence-electron chi connectivity index (χ0n) is 17.9. The number of aromatic nitrogens is 4. The molecule has 0 spiro atoms. The van der Waals surface area contributed by atoms with Crippen molar-refractivity contribution in [1.29, 1.82) is 0 Å². The molecule has 0 saturated heterocycles. The zero-order valence-corrected chi connectivity index (χ0v) is 18.7. The van der Waals surface area contributed by atoms with E-state index in [1.165, 1.54) is 24.3 Å². The molecular formula is C23H21FN6O2S. The lowest BCUT2D eigenvalue weighted by Gasteiger charge is -2.16. The highest BCUT2D eigenvalue weighted by molar-refractivity contribution is 7.90. The summed E-state index contributed by atoms with van der Waals surface area (Å²) in [5.74, 6) is 1.01. The van der Waals surface area contributed by atoms with Crippen LogP contribution in [0.3, 0.4) is 0 Å². The molecule has 0 amide bonds. The third-order valence-electron chi connectivity index (χ3n) is 4.84. The lowest BCUT2D eigenvalue weighted by atomic mass is 10.1. The van der Waals surface area contributed by atoms with E-state index in [2.05, 4.69) is 30.6 Å². The summed E-state index contributed by atoms with van der Waals surface area (Å²) in [5.41, 5.74) is 2.15. The first-order valence-corrected chi connectivity index (χ1v) is 11.9. The van der Waals surface area contributed by atoms with Crippen LogP contribution in [0, 0.1) is 5.82 Å². The third-order valence-corrected chi connectivity index (χ3v) is 5.97. The first kappa shape index (κ1) is 22.3. The smallest absolute Gasteiger partial charge is 0.225 e. The number of halogens is 1. The first-order chi connectivity index (χ1) is 15.8. The highest BCUT2D eigenvalue weighted by atomic mass is 32.2. The fourth-order valence-electron chi connectivity index (χ4n) is 3.12. The Kier molecular flexibility index (Phi) is 6.27. The van der Waals surface area contributed by atoms with Gasteiger partial charge >= 0.3 is 0 Å². The molecule has 4 aromatic rings. The van der Waals surface area contributed by atoms with Crippen molar-refractivity contribution in [2.45, 2.75) is 17.9 Å². The minimum absolute atomic E-state index is 0.196. The highest BCUT2D eigenvalue weighted by Gasteiger charge is 2.13. The van der Waals surface area contributed by atoms with Crippen molar-refractivity contribution in [2.75, 3.05) is 16.9 Å². The van der Waals surface area contributed by atoms with Crippen molar-refractivity contribution in [2.24, 2.45) is 0 Å². The predicted octanol–water partition coefficient (Wildman–Crippen LogP) is 4.39. The standard InChI is InChI=1S/C23H21FN6O2S/c1-15(16-3-7-18(24)8-4-16)27-23-28-20(17-5-9-19(10-6-17)33(2,31)32)13-21(30-23)29-22-14-25-11-12-26-22/h3-15H,1-2H3,(H2,26,27,28,29,30). The number of nitrogens with one attached hydrogen (secondary N) is 2. The van der Waals surface area contributed by atoms with Crippen molar-refractivity contribution in [1.82, 2.24) is 19.9 Å². The summed E-state index contributed by atoms with van der Waals surface area (Å²) < 4.78 is 36.9. The number of benzene rings is 2. The van der Waals surface area contributed by atoms with Crippen LogP contribution >= 0.6 is 0 Å². The van der Waals surface area contributed by atoms with Gasteiger partial charge in [-0.1, -0.05) is 24.3 Å². The molecule has 0 aliphatic heterocycles. The van der Waals surface area contributed by atoms with E-state index in [0.717, 1.165) is 11.8 Å². The van der Waals surface area contributed by atoms with Gasteiger partial charge in [0.05, 0.1) is 22.8 Å². The molecule has 168 valence electrons. The van der Waals surface area contributed by atoms with Crippen LogP contribution in [0.1, 0.15) is 18.5 Å². The maximum Gasteiger partial charge on any atom is 0.225 e. The number of anilines is 3. The summed E-state index contributed by atoms with van der Waals surface area (Å²) in [6, 6.07) is 14.2. The van der Waals surface area contributed by atoms with Gasteiger partial charge in [0, 0.05) is 30.3 Å². The Hall–Kier alpha value is -3.92. The second-order valence-electron chi connectivity index (χ2n) is 7.39. The molecule has 0 aliphatic rings. The van der Waals surface area contributed by atoms with Crippen LogP contribution in [0.15, 0.2) is 78.1 Å². The second kappa shape index (κ2) is 9.29. The second-order valence-corrected chi connectivity index (χ2v) is 9.41. The Morgan fingerprint density at radius 3 is 2.30 bits per heavy atom. The van der Waals surface area contributed by atoms with Crippen LogP contribution in [0.25, 0.3) is 11.3 Å². The van der Waals surface area contributed by atoms with Gasteiger partial charge in [0.15, 0.2) is 9.84 Å².